The molecule has 0 atom stereocenters. The second-order valence-electron chi connectivity index (χ2n) is 5.88. The summed E-state index contributed by atoms with van der Waals surface area (Å²) in [5, 5.41) is 3.46. The number of nitrogens with zero attached hydrogens (tertiary/aromatic N) is 2. The number of nitrogen functional groups attached to an aromatic ring is 1. The van der Waals surface area contributed by atoms with Crippen LogP contribution in [0.1, 0.15) is 52.3 Å². The molecule has 1 fully saturated rings. The number of aromatic nitrogens is 2. The van der Waals surface area contributed by atoms with Crippen LogP contribution in [0.2, 0.25) is 0 Å². The fourth-order valence-electron chi connectivity index (χ4n) is 2.15. The van der Waals surface area contributed by atoms with E-state index in [-0.39, 0.29) is 5.41 Å². The van der Waals surface area contributed by atoms with E-state index in [0.717, 1.165) is 11.6 Å². The number of nitrogens with two attached hydrogens (primary N) is 1. The van der Waals surface area contributed by atoms with Crippen LogP contribution in [0, 0.1) is 0 Å². The van der Waals surface area contributed by atoms with Gasteiger partial charge in [0.15, 0.2) is 0 Å². The number of anilines is 2. The molecule has 1 heterocycles. The quantitative estimate of drug-likeness (QED) is 0.825. The lowest BCUT2D eigenvalue weighted by molar-refractivity contribution is 0.546. The molecular formula is C13H22N4. The predicted molar refractivity (Wildman–Crippen MR) is 71.0 cm³/mol. The van der Waals surface area contributed by atoms with E-state index in [1.54, 1.807) is 0 Å². The standard InChI is InChI=1S/C13H22N4/c1-13(2,3)12-16-10(14)8-11(17-12)15-9-6-4-5-7-9/h8-9H,4-7H2,1-3H3,(H3,14,15,16,17). The van der Waals surface area contributed by atoms with Crippen LogP contribution in [-0.4, -0.2) is 16.0 Å². The maximum atomic E-state index is 5.84. The van der Waals surface area contributed by atoms with E-state index < -0.39 is 0 Å². The number of hydrogen-bond acceptors (Lipinski definition) is 4. The Labute approximate surface area is 103 Å². The zero-order valence-electron chi connectivity index (χ0n) is 11.0. The Kier molecular flexibility index (Phi) is 3.22. The monoisotopic (exact) mass is 234 g/mol. The molecule has 0 bridgehead atoms. The van der Waals surface area contributed by atoms with Crippen molar-refractivity contribution >= 4 is 11.6 Å². The van der Waals surface area contributed by atoms with Crippen LogP contribution in [-0.2, 0) is 5.41 Å². The lowest BCUT2D eigenvalue weighted by Gasteiger charge is -2.19. The van der Waals surface area contributed by atoms with Gasteiger partial charge in [0.1, 0.15) is 17.5 Å². The highest BCUT2D eigenvalue weighted by molar-refractivity contribution is 5.46. The Bertz CT molecular complexity index is 389. The van der Waals surface area contributed by atoms with Crippen molar-refractivity contribution in [2.45, 2.75) is 57.9 Å². The predicted octanol–water partition coefficient (Wildman–Crippen LogP) is 2.71. The molecule has 1 aliphatic rings. The van der Waals surface area contributed by atoms with Crippen LogP contribution in [0.25, 0.3) is 0 Å². The molecule has 0 aromatic carbocycles. The zero-order chi connectivity index (χ0) is 12.5. The van der Waals surface area contributed by atoms with Crippen LogP contribution < -0.4 is 11.1 Å². The summed E-state index contributed by atoms with van der Waals surface area (Å²) in [5.74, 6) is 2.22. The first-order valence-electron chi connectivity index (χ1n) is 6.37. The molecule has 0 aliphatic heterocycles. The van der Waals surface area contributed by atoms with Gasteiger partial charge in [0.05, 0.1) is 0 Å². The molecule has 0 amide bonds. The van der Waals surface area contributed by atoms with Crippen molar-refractivity contribution in [2.24, 2.45) is 0 Å². The number of hydrogen-bond donors (Lipinski definition) is 2. The minimum Gasteiger partial charge on any atom is -0.384 e. The van der Waals surface area contributed by atoms with Gasteiger partial charge in [0, 0.05) is 17.5 Å². The molecule has 1 aliphatic carbocycles. The van der Waals surface area contributed by atoms with E-state index in [2.05, 4.69) is 36.1 Å². The molecule has 94 valence electrons. The molecule has 0 radical (unpaired) electrons. The summed E-state index contributed by atoms with van der Waals surface area (Å²) in [5.41, 5.74) is 5.77. The normalized spacial score (nSPS) is 17.4. The second-order valence-corrected chi connectivity index (χ2v) is 5.88. The zero-order valence-corrected chi connectivity index (χ0v) is 11.0. The number of rotatable bonds is 2. The van der Waals surface area contributed by atoms with Gasteiger partial charge in [-0.25, -0.2) is 9.97 Å². The summed E-state index contributed by atoms with van der Waals surface area (Å²) in [6.07, 6.45) is 5.08. The molecule has 1 aromatic rings. The van der Waals surface area contributed by atoms with Gasteiger partial charge in [-0.15, -0.1) is 0 Å². The summed E-state index contributed by atoms with van der Waals surface area (Å²) < 4.78 is 0. The average molecular weight is 234 g/mol. The molecule has 1 saturated carbocycles. The largest absolute Gasteiger partial charge is 0.384 e. The third kappa shape index (κ3) is 3.08. The van der Waals surface area contributed by atoms with Crippen molar-refractivity contribution in [3.63, 3.8) is 0 Å². The van der Waals surface area contributed by atoms with E-state index in [4.69, 9.17) is 5.73 Å². The van der Waals surface area contributed by atoms with Crippen LogP contribution in [0.4, 0.5) is 11.6 Å². The summed E-state index contributed by atoms with van der Waals surface area (Å²) in [6.45, 7) is 6.30. The molecule has 3 N–H and O–H groups in total. The van der Waals surface area contributed by atoms with Crippen molar-refractivity contribution in [1.82, 2.24) is 9.97 Å². The highest BCUT2D eigenvalue weighted by Crippen LogP contribution is 2.24. The summed E-state index contributed by atoms with van der Waals surface area (Å²) >= 11 is 0. The first-order valence-corrected chi connectivity index (χ1v) is 6.37. The van der Waals surface area contributed by atoms with Gasteiger partial charge >= 0.3 is 0 Å². The number of nitrogens with one attached hydrogen (secondary N) is 1. The molecule has 0 unspecified atom stereocenters. The molecule has 0 spiro atoms. The van der Waals surface area contributed by atoms with Gasteiger partial charge < -0.3 is 11.1 Å². The molecule has 4 nitrogen and oxygen atoms in total. The topological polar surface area (TPSA) is 63.8 Å². The van der Waals surface area contributed by atoms with E-state index >= 15 is 0 Å². The first kappa shape index (κ1) is 12.1. The highest BCUT2D eigenvalue weighted by Gasteiger charge is 2.20. The van der Waals surface area contributed by atoms with Crippen molar-refractivity contribution in [2.75, 3.05) is 11.1 Å². The minimum absolute atomic E-state index is 0.0680. The lowest BCUT2D eigenvalue weighted by atomic mass is 9.96. The Morgan fingerprint density at radius 1 is 1.24 bits per heavy atom. The van der Waals surface area contributed by atoms with Crippen molar-refractivity contribution in [3.8, 4) is 0 Å². The smallest absolute Gasteiger partial charge is 0.138 e. The van der Waals surface area contributed by atoms with E-state index in [9.17, 15) is 0 Å². The summed E-state index contributed by atoms with van der Waals surface area (Å²) in [7, 11) is 0. The molecular weight excluding hydrogens is 212 g/mol. The molecule has 0 saturated heterocycles. The summed E-state index contributed by atoms with van der Waals surface area (Å²) in [6, 6.07) is 2.38. The lowest BCUT2D eigenvalue weighted by Crippen LogP contribution is -2.21. The molecule has 17 heavy (non-hydrogen) atoms. The van der Waals surface area contributed by atoms with Gasteiger partial charge in [-0.2, -0.15) is 0 Å². The maximum Gasteiger partial charge on any atom is 0.138 e. The SMILES string of the molecule is CC(C)(C)c1nc(N)cc(NC2CCCC2)n1. The van der Waals surface area contributed by atoms with E-state index in [1.165, 1.54) is 25.7 Å². The van der Waals surface area contributed by atoms with E-state index in [0.29, 0.717) is 11.9 Å². The Balaban J connectivity index is 2.19. The van der Waals surface area contributed by atoms with Crippen LogP contribution in [0.5, 0.6) is 0 Å². The minimum atomic E-state index is -0.0680. The molecule has 2 rings (SSSR count). The first-order chi connectivity index (χ1) is 7.95. The highest BCUT2D eigenvalue weighted by atomic mass is 15.1. The Hall–Kier alpha value is -1.32. The second kappa shape index (κ2) is 4.51. The molecule has 1 aromatic heterocycles. The van der Waals surface area contributed by atoms with Crippen molar-refractivity contribution in [1.29, 1.82) is 0 Å². The average Bonchev–Trinajstić information content (AvgIpc) is 2.68. The van der Waals surface area contributed by atoms with Gasteiger partial charge in [0.2, 0.25) is 0 Å². The van der Waals surface area contributed by atoms with Crippen molar-refractivity contribution in [3.05, 3.63) is 11.9 Å². The fourth-order valence-corrected chi connectivity index (χ4v) is 2.15. The fraction of sp³-hybridized carbons (Fsp3) is 0.692. The van der Waals surface area contributed by atoms with Crippen LogP contribution in [0.3, 0.4) is 0 Å². The third-order valence-corrected chi connectivity index (χ3v) is 3.12. The van der Waals surface area contributed by atoms with Gasteiger partial charge in [-0.05, 0) is 12.8 Å². The van der Waals surface area contributed by atoms with Crippen molar-refractivity contribution < 1.29 is 0 Å². The van der Waals surface area contributed by atoms with Crippen LogP contribution in [0.15, 0.2) is 6.07 Å². The van der Waals surface area contributed by atoms with Crippen LogP contribution >= 0.6 is 0 Å². The van der Waals surface area contributed by atoms with Gasteiger partial charge in [-0.3, -0.25) is 0 Å². The Morgan fingerprint density at radius 2 is 1.88 bits per heavy atom. The molecule has 4 heteroatoms. The van der Waals surface area contributed by atoms with E-state index in [1.807, 2.05) is 6.07 Å². The Morgan fingerprint density at radius 3 is 2.47 bits per heavy atom. The van der Waals surface area contributed by atoms with Gasteiger partial charge in [-0.1, -0.05) is 33.6 Å². The third-order valence-electron chi connectivity index (χ3n) is 3.12. The maximum absolute atomic E-state index is 5.84. The van der Waals surface area contributed by atoms with Gasteiger partial charge in [0.25, 0.3) is 0 Å². The summed E-state index contributed by atoms with van der Waals surface area (Å²) in [4.78, 5) is 8.87.